The number of rotatable bonds is 4. The van der Waals surface area contributed by atoms with Crippen molar-refractivity contribution in [3.05, 3.63) is 0 Å². The summed E-state index contributed by atoms with van der Waals surface area (Å²) in [5, 5.41) is 8.70. The number of nitrogens with two attached hydrogens (primary N) is 1. The van der Waals surface area contributed by atoms with Gasteiger partial charge < -0.3 is 20.6 Å². The van der Waals surface area contributed by atoms with Gasteiger partial charge in [0.1, 0.15) is 0 Å². The highest BCUT2D eigenvalue weighted by Gasteiger charge is 2.33. The van der Waals surface area contributed by atoms with E-state index >= 15 is 0 Å². The molecule has 2 atom stereocenters. The third-order valence-corrected chi connectivity index (χ3v) is 4.42. The fraction of sp³-hybridized carbons (Fsp3) is 0.786. The molecule has 2 heterocycles. The van der Waals surface area contributed by atoms with Gasteiger partial charge in [0.2, 0.25) is 5.91 Å². The number of primary amides is 1. The number of carbonyl (C=O) groups is 3. The van der Waals surface area contributed by atoms with E-state index < -0.39 is 5.97 Å². The maximum Gasteiger partial charge on any atom is 0.320 e. The molecule has 0 radical (unpaired) electrons. The molecule has 0 aromatic carbocycles. The summed E-state index contributed by atoms with van der Waals surface area (Å²) in [6.07, 6.45) is 3.17. The molecular weight excluding hydrogens is 274 g/mol. The van der Waals surface area contributed by atoms with Crippen LogP contribution in [0.1, 0.15) is 32.1 Å². The first-order valence-electron chi connectivity index (χ1n) is 7.52. The average Bonchev–Trinajstić information content (AvgIpc) is 2.93. The van der Waals surface area contributed by atoms with Crippen LogP contribution < -0.4 is 5.73 Å². The number of aliphatic carboxylic acids is 1. The Balaban J connectivity index is 1.83. The van der Waals surface area contributed by atoms with Gasteiger partial charge in [0.05, 0.1) is 5.92 Å². The second-order valence-electron chi connectivity index (χ2n) is 6.00. The Morgan fingerprint density at radius 2 is 1.81 bits per heavy atom. The molecule has 0 aliphatic carbocycles. The van der Waals surface area contributed by atoms with Crippen molar-refractivity contribution in [1.82, 2.24) is 9.80 Å². The smallest absolute Gasteiger partial charge is 0.320 e. The van der Waals surface area contributed by atoms with Crippen LogP contribution >= 0.6 is 0 Å². The number of amides is 3. The van der Waals surface area contributed by atoms with Crippen LogP contribution in [0.25, 0.3) is 0 Å². The highest BCUT2D eigenvalue weighted by molar-refractivity contribution is 5.79. The second-order valence-corrected chi connectivity index (χ2v) is 6.00. The zero-order valence-corrected chi connectivity index (χ0v) is 12.2. The van der Waals surface area contributed by atoms with Crippen LogP contribution in [0.3, 0.4) is 0 Å². The van der Waals surface area contributed by atoms with Gasteiger partial charge in [-0.25, -0.2) is 4.79 Å². The molecule has 2 unspecified atom stereocenters. The maximum absolute atomic E-state index is 12.4. The minimum atomic E-state index is -0.792. The van der Waals surface area contributed by atoms with E-state index in [4.69, 9.17) is 10.8 Å². The molecule has 2 aliphatic rings. The number of likely N-dealkylation sites (tertiary alicyclic amines) is 2. The number of piperidine rings is 1. The van der Waals surface area contributed by atoms with E-state index in [1.54, 1.807) is 9.80 Å². The normalized spacial score (nSPS) is 25.9. The van der Waals surface area contributed by atoms with Gasteiger partial charge in [-0.05, 0) is 31.6 Å². The third-order valence-electron chi connectivity index (χ3n) is 4.42. The topological polar surface area (TPSA) is 104 Å². The summed E-state index contributed by atoms with van der Waals surface area (Å²) < 4.78 is 0. The van der Waals surface area contributed by atoms with Crippen molar-refractivity contribution < 1.29 is 19.5 Å². The van der Waals surface area contributed by atoms with Gasteiger partial charge in [-0.15, -0.1) is 0 Å². The Morgan fingerprint density at radius 1 is 1.10 bits per heavy atom. The highest BCUT2D eigenvalue weighted by Crippen LogP contribution is 2.24. The number of carboxylic acids is 1. The van der Waals surface area contributed by atoms with Gasteiger partial charge in [0.15, 0.2) is 0 Å². The molecule has 7 nitrogen and oxygen atoms in total. The van der Waals surface area contributed by atoms with Crippen LogP contribution in [0, 0.1) is 11.8 Å². The van der Waals surface area contributed by atoms with Gasteiger partial charge in [-0.1, -0.05) is 0 Å². The summed E-state index contributed by atoms with van der Waals surface area (Å²) in [5.41, 5.74) is 5.33. The van der Waals surface area contributed by atoms with Crippen molar-refractivity contribution in [2.45, 2.75) is 32.1 Å². The van der Waals surface area contributed by atoms with E-state index in [1.807, 2.05) is 0 Å². The van der Waals surface area contributed by atoms with Gasteiger partial charge in [-0.2, -0.15) is 0 Å². The summed E-state index contributed by atoms with van der Waals surface area (Å²) in [4.78, 5) is 37.8. The van der Waals surface area contributed by atoms with Crippen molar-refractivity contribution >= 4 is 17.9 Å². The lowest BCUT2D eigenvalue weighted by molar-refractivity contribution is -0.137. The number of urea groups is 1. The van der Waals surface area contributed by atoms with Gasteiger partial charge >= 0.3 is 12.0 Å². The minimum absolute atomic E-state index is 0.0428. The van der Waals surface area contributed by atoms with Crippen LogP contribution in [0.4, 0.5) is 4.79 Å². The molecule has 2 saturated heterocycles. The fourth-order valence-corrected chi connectivity index (χ4v) is 3.15. The van der Waals surface area contributed by atoms with Crippen molar-refractivity contribution in [3.8, 4) is 0 Å². The van der Waals surface area contributed by atoms with Crippen LogP contribution in [0.15, 0.2) is 0 Å². The van der Waals surface area contributed by atoms with E-state index in [0.29, 0.717) is 32.6 Å². The Labute approximate surface area is 124 Å². The fourth-order valence-electron chi connectivity index (χ4n) is 3.15. The zero-order chi connectivity index (χ0) is 15.4. The number of nitrogens with zero attached hydrogens (tertiary/aromatic N) is 2. The lowest BCUT2D eigenvalue weighted by atomic mass is 9.98. The van der Waals surface area contributed by atoms with Crippen molar-refractivity contribution in [3.63, 3.8) is 0 Å². The van der Waals surface area contributed by atoms with E-state index in [2.05, 4.69) is 0 Å². The van der Waals surface area contributed by atoms with Gasteiger partial charge in [0.25, 0.3) is 0 Å². The molecule has 2 rings (SSSR count). The molecule has 118 valence electrons. The zero-order valence-electron chi connectivity index (χ0n) is 12.2. The van der Waals surface area contributed by atoms with Crippen LogP contribution in [0.5, 0.6) is 0 Å². The lowest BCUT2D eigenvalue weighted by Crippen LogP contribution is -2.49. The average molecular weight is 297 g/mol. The Hall–Kier alpha value is -1.79. The monoisotopic (exact) mass is 297 g/mol. The molecule has 2 fully saturated rings. The molecule has 2 aliphatic heterocycles. The molecule has 0 bridgehead atoms. The van der Waals surface area contributed by atoms with Crippen LogP contribution in [0.2, 0.25) is 0 Å². The molecule has 0 aromatic rings. The molecule has 0 aromatic heterocycles. The van der Waals surface area contributed by atoms with Crippen LogP contribution in [-0.4, -0.2) is 59.0 Å². The Kier molecular flexibility index (Phi) is 5.03. The summed E-state index contributed by atoms with van der Waals surface area (Å²) in [5.74, 6) is -1.11. The molecule has 0 saturated carbocycles. The lowest BCUT2D eigenvalue weighted by Gasteiger charge is -2.34. The van der Waals surface area contributed by atoms with E-state index in [0.717, 1.165) is 19.3 Å². The molecule has 21 heavy (non-hydrogen) atoms. The maximum atomic E-state index is 12.4. The standard InChI is InChI=1S/C14H23N3O4/c15-13(20)11-2-1-6-16(9-11)14(21)17-7-5-10(8-17)3-4-12(18)19/h10-11H,1-9H2,(H2,15,20)(H,18,19). The Morgan fingerprint density at radius 3 is 2.48 bits per heavy atom. The van der Waals surface area contributed by atoms with Gasteiger partial charge in [0, 0.05) is 32.6 Å². The van der Waals surface area contributed by atoms with E-state index in [-0.39, 0.29) is 30.2 Å². The minimum Gasteiger partial charge on any atom is -0.481 e. The van der Waals surface area contributed by atoms with Crippen molar-refractivity contribution in [1.29, 1.82) is 0 Å². The molecule has 0 spiro atoms. The van der Waals surface area contributed by atoms with Crippen molar-refractivity contribution in [2.24, 2.45) is 17.6 Å². The van der Waals surface area contributed by atoms with Gasteiger partial charge in [-0.3, -0.25) is 9.59 Å². The quantitative estimate of drug-likeness (QED) is 0.788. The summed E-state index contributed by atoms with van der Waals surface area (Å²) in [6.45, 7) is 2.36. The SMILES string of the molecule is NC(=O)C1CCCN(C(=O)N2CCC(CCC(=O)O)C2)C1. The van der Waals surface area contributed by atoms with Crippen molar-refractivity contribution in [2.75, 3.05) is 26.2 Å². The Bertz CT molecular complexity index is 426. The predicted molar refractivity (Wildman–Crippen MR) is 75.4 cm³/mol. The summed E-state index contributed by atoms with van der Waals surface area (Å²) in [7, 11) is 0. The number of carbonyl (C=O) groups excluding carboxylic acids is 2. The number of hydrogen-bond acceptors (Lipinski definition) is 3. The molecular formula is C14H23N3O4. The third kappa shape index (κ3) is 4.09. The largest absolute Gasteiger partial charge is 0.481 e. The first-order valence-corrected chi connectivity index (χ1v) is 7.52. The molecule has 3 amide bonds. The highest BCUT2D eigenvalue weighted by atomic mass is 16.4. The predicted octanol–water partition coefficient (Wildman–Crippen LogP) is 0.490. The first-order chi connectivity index (χ1) is 9.97. The first kappa shape index (κ1) is 15.6. The number of carboxylic acid groups (broad SMARTS) is 1. The number of hydrogen-bond donors (Lipinski definition) is 2. The second kappa shape index (κ2) is 6.78. The van der Waals surface area contributed by atoms with E-state index in [1.165, 1.54) is 0 Å². The summed E-state index contributed by atoms with van der Waals surface area (Å²) >= 11 is 0. The van der Waals surface area contributed by atoms with E-state index in [9.17, 15) is 14.4 Å². The molecule has 3 N–H and O–H groups in total. The van der Waals surface area contributed by atoms with Crippen LogP contribution in [-0.2, 0) is 9.59 Å². The summed E-state index contributed by atoms with van der Waals surface area (Å²) in [6, 6.07) is -0.0428. The molecule has 7 heteroatoms.